The zero-order chi connectivity index (χ0) is 17.2. The van der Waals surface area contributed by atoms with Gasteiger partial charge in [-0.1, -0.05) is 24.3 Å². The van der Waals surface area contributed by atoms with Crippen molar-refractivity contribution in [1.29, 1.82) is 0 Å². The number of aliphatic hydroxyl groups is 1. The number of aliphatic hydroxyl groups excluding tert-OH is 1. The number of hydrogen-bond donors (Lipinski definition) is 3. The van der Waals surface area contributed by atoms with Crippen LogP contribution in [0.1, 0.15) is 30.0 Å². The molecule has 25 heavy (non-hydrogen) atoms. The highest BCUT2D eigenvalue weighted by Gasteiger charge is 2.32. The van der Waals surface area contributed by atoms with E-state index in [9.17, 15) is 9.90 Å². The van der Waals surface area contributed by atoms with Crippen molar-refractivity contribution in [2.45, 2.75) is 31.4 Å². The van der Waals surface area contributed by atoms with E-state index in [2.05, 4.69) is 20.5 Å². The largest absolute Gasteiger partial charge is 0.390 e. The molecule has 0 unspecified atom stereocenters. The van der Waals surface area contributed by atoms with E-state index in [1.807, 2.05) is 36.4 Å². The zero-order valence-electron chi connectivity index (χ0n) is 14.0. The fourth-order valence-corrected chi connectivity index (χ4v) is 3.72. The molecule has 0 saturated carbocycles. The molecule has 1 fully saturated rings. The first-order chi connectivity index (χ1) is 12.2. The number of carbonyl (C=O) groups is 1. The first-order valence-electron chi connectivity index (χ1n) is 8.76. The van der Waals surface area contributed by atoms with Gasteiger partial charge in [-0.25, -0.2) is 9.78 Å². The number of fused-ring (bicyclic) bond motifs is 1. The van der Waals surface area contributed by atoms with Gasteiger partial charge in [-0.05, 0) is 36.1 Å². The van der Waals surface area contributed by atoms with Crippen molar-refractivity contribution in [2.24, 2.45) is 0 Å². The van der Waals surface area contributed by atoms with Crippen molar-refractivity contribution >= 4 is 17.5 Å². The van der Waals surface area contributed by atoms with Gasteiger partial charge in [0.05, 0.1) is 17.8 Å². The molecule has 3 N–H and O–H groups in total. The summed E-state index contributed by atoms with van der Waals surface area (Å²) in [4.78, 5) is 19.1. The molecule has 2 atom stereocenters. The van der Waals surface area contributed by atoms with Crippen molar-refractivity contribution in [3.8, 4) is 0 Å². The van der Waals surface area contributed by atoms with Gasteiger partial charge < -0.3 is 20.6 Å². The monoisotopic (exact) mass is 338 g/mol. The Morgan fingerprint density at radius 2 is 1.96 bits per heavy atom. The van der Waals surface area contributed by atoms with E-state index < -0.39 is 6.10 Å². The molecule has 6 nitrogen and oxygen atoms in total. The van der Waals surface area contributed by atoms with Crippen LogP contribution in [0.4, 0.5) is 16.3 Å². The zero-order valence-corrected chi connectivity index (χ0v) is 14.0. The van der Waals surface area contributed by atoms with Gasteiger partial charge in [-0.2, -0.15) is 0 Å². The maximum Gasteiger partial charge on any atom is 0.319 e. The maximum absolute atomic E-state index is 12.5. The van der Waals surface area contributed by atoms with Gasteiger partial charge >= 0.3 is 6.03 Å². The lowest BCUT2D eigenvalue weighted by Gasteiger charge is -2.22. The summed E-state index contributed by atoms with van der Waals surface area (Å²) in [5.74, 6) is 0.808. The van der Waals surface area contributed by atoms with Crippen molar-refractivity contribution in [3.63, 3.8) is 0 Å². The van der Waals surface area contributed by atoms with Crippen LogP contribution >= 0.6 is 0 Å². The number of urea groups is 1. The third-order valence-electron chi connectivity index (χ3n) is 4.93. The molecule has 2 aliphatic rings. The van der Waals surface area contributed by atoms with Crippen LogP contribution in [0.5, 0.6) is 0 Å². The van der Waals surface area contributed by atoms with Gasteiger partial charge in [0, 0.05) is 25.7 Å². The minimum absolute atomic E-state index is 0.325. The summed E-state index contributed by atoms with van der Waals surface area (Å²) in [5.41, 5.74) is 2.76. The predicted octanol–water partition coefficient (Wildman–Crippen LogP) is 2.46. The molecule has 130 valence electrons. The highest BCUT2D eigenvalue weighted by Crippen LogP contribution is 2.31. The van der Waals surface area contributed by atoms with Crippen LogP contribution in [0, 0.1) is 0 Å². The summed E-state index contributed by atoms with van der Waals surface area (Å²) in [6, 6.07) is 10.8. The molecule has 2 heterocycles. The smallest absolute Gasteiger partial charge is 0.319 e. The van der Waals surface area contributed by atoms with E-state index in [1.54, 1.807) is 6.20 Å². The Hall–Kier alpha value is -2.60. The fourth-order valence-electron chi connectivity index (χ4n) is 3.72. The molecular weight excluding hydrogens is 316 g/mol. The van der Waals surface area contributed by atoms with Gasteiger partial charge in [-0.3, -0.25) is 0 Å². The molecule has 1 aromatic carbocycles. The standard InChI is InChI=1S/C19H22N4O2/c24-16-12-13-6-1-2-7-14(13)17(16)22-19(25)21-15-8-5-9-20-18(15)23-10-3-4-11-23/h1-2,5-9,16-17,24H,3-4,10-12H2,(H2,21,22,25)/t16-,17+/m0/s1. The van der Waals surface area contributed by atoms with Gasteiger partial charge in [0.1, 0.15) is 0 Å². The summed E-state index contributed by atoms with van der Waals surface area (Å²) in [6.45, 7) is 1.92. The Labute approximate surface area is 146 Å². The highest BCUT2D eigenvalue weighted by molar-refractivity contribution is 5.92. The van der Waals surface area contributed by atoms with Crippen molar-refractivity contribution < 1.29 is 9.90 Å². The molecule has 6 heteroatoms. The van der Waals surface area contributed by atoms with E-state index in [4.69, 9.17) is 0 Å². The highest BCUT2D eigenvalue weighted by atomic mass is 16.3. The topological polar surface area (TPSA) is 77.5 Å². The SMILES string of the molecule is O=C(Nc1cccnc1N1CCCC1)N[C@@H]1c2ccccc2C[C@@H]1O. The first kappa shape index (κ1) is 15.9. The van der Waals surface area contributed by atoms with E-state index in [0.717, 1.165) is 42.9 Å². The van der Waals surface area contributed by atoms with Crippen LogP contribution < -0.4 is 15.5 Å². The predicted molar refractivity (Wildman–Crippen MR) is 96.7 cm³/mol. The van der Waals surface area contributed by atoms with Crippen LogP contribution in [0.25, 0.3) is 0 Å². The number of hydrogen-bond acceptors (Lipinski definition) is 4. The first-order valence-corrected chi connectivity index (χ1v) is 8.76. The molecule has 2 aromatic rings. The molecule has 2 amide bonds. The Balaban J connectivity index is 1.48. The van der Waals surface area contributed by atoms with Crippen molar-refractivity contribution in [3.05, 3.63) is 53.7 Å². The average molecular weight is 338 g/mol. The Morgan fingerprint density at radius 3 is 2.80 bits per heavy atom. The van der Waals surface area contributed by atoms with Crippen LogP contribution in [-0.4, -0.2) is 35.3 Å². The summed E-state index contributed by atoms with van der Waals surface area (Å²) < 4.78 is 0. The Kier molecular flexibility index (Phi) is 4.28. The van der Waals surface area contributed by atoms with Gasteiger partial charge in [0.25, 0.3) is 0 Å². The molecule has 0 spiro atoms. The third kappa shape index (κ3) is 3.17. The molecule has 1 saturated heterocycles. The molecule has 0 radical (unpaired) electrons. The third-order valence-corrected chi connectivity index (χ3v) is 4.93. The molecule has 4 rings (SSSR count). The summed E-state index contributed by atoms with van der Waals surface area (Å²) in [7, 11) is 0. The van der Waals surface area contributed by atoms with Crippen molar-refractivity contribution in [2.75, 3.05) is 23.3 Å². The molecular formula is C19H22N4O2. The normalized spacial score (nSPS) is 21.9. The summed E-state index contributed by atoms with van der Waals surface area (Å²) in [6.07, 6.45) is 4.00. The second-order valence-electron chi connectivity index (χ2n) is 6.62. The van der Waals surface area contributed by atoms with Crippen LogP contribution in [0.2, 0.25) is 0 Å². The Bertz CT molecular complexity index is 774. The molecule has 1 aliphatic heterocycles. The quantitative estimate of drug-likeness (QED) is 0.803. The summed E-state index contributed by atoms with van der Waals surface area (Å²) in [5, 5.41) is 16.1. The lowest BCUT2D eigenvalue weighted by Crippen LogP contribution is -2.37. The number of anilines is 2. The number of benzene rings is 1. The second kappa shape index (κ2) is 6.72. The lowest BCUT2D eigenvalue weighted by atomic mass is 10.1. The van der Waals surface area contributed by atoms with Crippen LogP contribution in [-0.2, 0) is 6.42 Å². The van der Waals surface area contributed by atoms with E-state index in [-0.39, 0.29) is 12.1 Å². The van der Waals surface area contributed by atoms with E-state index in [0.29, 0.717) is 12.1 Å². The molecule has 1 aliphatic carbocycles. The number of nitrogens with zero attached hydrogens (tertiary/aromatic N) is 2. The van der Waals surface area contributed by atoms with E-state index >= 15 is 0 Å². The average Bonchev–Trinajstić information content (AvgIpc) is 3.24. The minimum Gasteiger partial charge on any atom is -0.390 e. The van der Waals surface area contributed by atoms with Crippen LogP contribution in [0.15, 0.2) is 42.6 Å². The number of nitrogens with one attached hydrogen (secondary N) is 2. The molecule has 1 aromatic heterocycles. The summed E-state index contributed by atoms with van der Waals surface area (Å²) >= 11 is 0. The van der Waals surface area contributed by atoms with Gasteiger partial charge in [-0.15, -0.1) is 0 Å². The van der Waals surface area contributed by atoms with Gasteiger partial charge in [0.2, 0.25) is 0 Å². The number of aromatic nitrogens is 1. The van der Waals surface area contributed by atoms with E-state index in [1.165, 1.54) is 0 Å². The van der Waals surface area contributed by atoms with Gasteiger partial charge in [0.15, 0.2) is 5.82 Å². The maximum atomic E-state index is 12.5. The Morgan fingerprint density at radius 1 is 1.16 bits per heavy atom. The lowest BCUT2D eigenvalue weighted by molar-refractivity contribution is 0.144. The number of amides is 2. The number of rotatable bonds is 3. The number of carbonyl (C=O) groups excluding carboxylic acids is 1. The van der Waals surface area contributed by atoms with Crippen LogP contribution in [0.3, 0.4) is 0 Å². The molecule has 0 bridgehead atoms. The fraction of sp³-hybridized carbons (Fsp3) is 0.368. The van der Waals surface area contributed by atoms with Crippen molar-refractivity contribution in [1.82, 2.24) is 10.3 Å². The second-order valence-corrected chi connectivity index (χ2v) is 6.62. The minimum atomic E-state index is -0.602. The number of pyridine rings is 1.